The van der Waals surface area contributed by atoms with Crippen molar-refractivity contribution >= 4 is 45.0 Å². The van der Waals surface area contributed by atoms with Gasteiger partial charge in [-0.2, -0.15) is 0 Å². The summed E-state index contributed by atoms with van der Waals surface area (Å²) in [7, 11) is 1.55. The highest BCUT2D eigenvalue weighted by Gasteiger charge is 2.23. The molecule has 1 fully saturated rings. The number of hydrogen-bond acceptors (Lipinski definition) is 8. The molecule has 1 N–H and O–H groups in total. The summed E-state index contributed by atoms with van der Waals surface area (Å²) in [6.45, 7) is 4.75. The van der Waals surface area contributed by atoms with E-state index in [4.69, 9.17) is 30.5 Å². The second kappa shape index (κ2) is 15.2. The van der Waals surface area contributed by atoms with Crippen molar-refractivity contribution in [1.29, 1.82) is 0 Å². The molecule has 3 heterocycles. The Bertz CT molecular complexity index is 2280. The molecule has 260 valence electrons. The van der Waals surface area contributed by atoms with Crippen LogP contribution in [0, 0.1) is 5.82 Å². The van der Waals surface area contributed by atoms with Gasteiger partial charge < -0.3 is 24.3 Å². The molecule has 0 atom stereocenters. The summed E-state index contributed by atoms with van der Waals surface area (Å²) in [4.78, 5) is 34.1. The van der Waals surface area contributed by atoms with E-state index < -0.39 is 17.3 Å². The average molecular weight is 709 g/mol. The molecule has 4 aromatic carbocycles. The maximum atomic E-state index is 15.5. The molecule has 51 heavy (non-hydrogen) atoms. The van der Waals surface area contributed by atoms with Gasteiger partial charge in [0.15, 0.2) is 23.1 Å². The van der Waals surface area contributed by atoms with Gasteiger partial charge in [-0.25, -0.2) is 4.39 Å². The smallest absolute Gasteiger partial charge is 0.270 e. The third-order valence-corrected chi connectivity index (χ3v) is 9.03. The van der Waals surface area contributed by atoms with Crippen molar-refractivity contribution in [1.82, 2.24) is 14.5 Å². The number of methoxy groups -OCH3 is 1. The van der Waals surface area contributed by atoms with Crippen molar-refractivity contribution in [2.75, 3.05) is 51.9 Å². The van der Waals surface area contributed by atoms with E-state index in [-0.39, 0.29) is 22.0 Å². The van der Waals surface area contributed by atoms with Crippen LogP contribution in [0.25, 0.3) is 27.5 Å². The largest absolute Gasteiger partial charge is 0.493 e. The first-order valence-electron chi connectivity index (χ1n) is 16.5. The Morgan fingerprint density at radius 2 is 1.71 bits per heavy atom. The van der Waals surface area contributed by atoms with Gasteiger partial charge in [0.05, 0.1) is 43.0 Å². The van der Waals surface area contributed by atoms with Gasteiger partial charge in [-0.1, -0.05) is 48.0 Å². The van der Waals surface area contributed by atoms with E-state index in [1.54, 1.807) is 80.0 Å². The Labute approximate surface area is 297 Å². The first kappa shape index (κ1) is 34.0. The number of rotatable bonds is 11. The van der Waals surface area contributed by atoms with E-state index >= 15 is 4.39 Å². The number of morpholine rings is 1. The quantitative estimate of drug-likeness (QED) is 0.138. The molecule has 7 rings (SSSR count). The Hall–Kier alpha value is -5.49. The second-order valence-corrected chi connectivity index (χ2v) is 12.2. The SMILES string of the molecule is COc1cc2c(Oc3ccc(NC(=O)c4c(Cl)c5ccccc5n(-c5ccccc5)c4=O)cc3F)ccnc2cc1OCCCN1CCOCC1. The Morgan fingerprint density at radius 3 is 2.49 bits per heavy atom. The fraction of sp³-hybridized carbons (Fsp3) is 0.205. The minimum absolute atomic E-state index is 0.00208. The number of ether oxygens (including phenoxy) is 4. The number of hydrogen-bond donors (Lipinski definition) is 1. The van der Waals surface area contributed by atoms with Crippen LogP contribution < -0.4 is 25.1 Å². The summed E-state index contributed by atoms with van der Waals surface area (Å²) in [5.41, 5.74) is 0.932. The molecular formula is C39H34ClFN4O6. The number of para-hydroxylation sites is 2. The van der Waals surface area contributed by atoms with Crippen LogP contribution in [0.1, 0.15) is 16.8 Å². The zero-order valence-electron chi connectivity index (χ0n) is 27.7. The number of amides is 1. The van der Waals surface area contributed by atoms with Gasteiger partial charge >= 0.3 is 0 Å². The third-order valence-electron chi connectivity index (χ3n) is 8.64. The fourth-order valence-corrected chi connectivity index (χ4v) is 6.42. The van der Waals surface area contributed by atoms with E-state index in [1.807, 2.05) is 6.07 Å². The van der Waals surface area contributed by atoms with Crippen LogP contribution in [-0.4, -0.2) is 66.9 Å². The first-order valence-corrected chi connectivity index (χ1v) is 16.9. The zero-order chi connectivity index (χ0) is 35.3. The molecule has 1 saturated heterocycles. The highest BCUT2D eigenvalue weighted by atomic mass is 35.5. The number of carbonyl (C=O) groups is 1. The van der Waals surface area contributed by atoms with Gasteiger partial charge in [-0.05, 0) is 48.9 Å². The van der Waals surface area contributed by atoms with E-state index in [9.17, 15) is 9.59 Å². The summed E-state index contributed by atoms with van der Waals surface area (Å²) >= 11 is 6.66. The molecule has 0 saturated carbocycles. The molecular weight excluding hydrogens is 675 g/mol. The molecule has 12 heteroatoms. The van der Waals surface area contributed by atoms with Crippen molar-refractivity contribution in [3.8, 4) is 28.7 Å². The van der Waals surface area contributed by atoms with Crippen molar-refractivity contribution in [3.05, 3.63) is 124 Å². The fourth-order valence-electron chi connectivity index (χ4n) is 6.09. The van der Waals surface area contributed by atoms with Crippen molar-refractivity contribution in [2.45, 2.75) is 6.42 Å². The van der Waals surface area contributed by atoms with Crippen LogP contribution in [0.4, 0.5) is 10.1 Å². The summed E-state index contributed by atoms with van der Waals surface area (Å²) in [5, 5.41) is 3.74. The number of fused-ring (bicyclic) bond motifs is 2. The lowest BCUT2D eigenvalue weighted by Crippen LogP contribution is -2.37. The van der Waals surface area contributed by atoms with Gasteiger partial charge in [-0.15, -0.1) is 0 Å². The molecule has 2 aromatic heterocycles. The van der Waals surface area contributed by atoms with Crippen LogP contribution in [-0.2, 0) is 4.74 Å². The Balaban J connectivity index is 1.09. The van der Waals surface area contributed by atoms with Gasteiger partial charge in [0, 0.05) is 60.1 Å². The van der Waals surface area contributed by atoms with Gasteiger partial charge in [0.2, 0.25) is 0 Å². The standard InChI is InChI=1S/C39H34ClFN4O6/c1-48-34-23-28-30(24-35(34)50-19-7-16-44-17-20-49-21-18-44)42-15-14-32(28)51-33-13-12-25(22-29(33)41)43-38(46)36-37(40)27-10-5-6-11-31(27)45(39(36)47)26-8-3-2-4-9-26/h2-6,8-15,22-24H,7,16-21H2,1H3,(H,43,46). The molecule has 1 aliphatic rings. The third kappa shape index (κ3) is 7.23. The van der Waals surface area contributed by atoms with Crippen LogP contribution in [0.5, 0.6) is 23.0 Å². The number of anilines is 1. The molecule has 0 bridgehead atoms. The normalized spacial score (nSPS) is 13.3. The summed E-state index contributed by atoms with van der Waals surface area (Å²) < 4.78 is 40.0. The Morgan fingerprint density at radius 1 is 0.922 bits per heavy atom. The lowest BCUT2D eigenvalue weighted by Gasteiger charge is -2.26. The van der Waals surface area contributed by atoms with E-state index in [0.29, 0.717) is 51.3 Å². The van der Waals surface area contributed by atoms with E-state index in [2.05, 4.69) is 15.2 Å². The molecule has 0 radical (unpaired) electrons. The lowest BCUT2D eigenvalue weighted by atomic mass is 10.1. The molecule has 0 spiro atoms. The van der Waals surface area contributed by atoms with Gasteiger partial charge in [0.25, 0.3) is 11.5 Å². The monoisotopic (exact) mass is 708 g/mol. The van der Waals surface area contributed by atoms with Gasteiger partial charge in [0.1, 0.15) is 11.3 Å². The minimum Gasteiger partial charge on any atom is -0.493 e. The van der Waals surface area contributed by atoms with Crippen molar-refractivity contribution < 1.29 is 28.1 Å². The Kier molecular flexibility index (Phi) is 10.1. The molecule has 0 aliphatic carbocycles. The molecule has 6 aromatic rings. The summed E-state index contributed by atoms with van der Waals surface area (Å²) in [5.74, 6) is -0.222. The maximum Gasteiger partial charge on any atom is 0.270 e. The van der Waals surface area contributed by atoms with Crippen LogP contribution in [0.15, 0.2) is 102 Å². The summed E-state index contributed by atoms with van der Waals surface area (Å²) in [6, 6.07) is 25.1. The predicted molar refractivity (Wildman–Crippen MR) is 195 cm³/mol. The minimum atomic E-state index is -0.778. The van der Waals surface area contributed by atoms with E-state index in [1.165, 1.54) is 16.7 Å². The van der Waals surface area contributed by atoms with Crippen LogP contribution in [0.3, 0.4) is 0 Å². The second-order valence-electron chi connectivity index (χ2n) is 11.9. The number of nitrogens with zero attached hydrogens (tertiary/aromatic N) is 3. The predicted octanol–water partition coefficient (Wildman–Crippen LogP) is 7.49. The average Bonchev–Trinajstić information content (AvgIpc) is 3.15. The summed E-state index contributed by atoms with van der Waals surface area (Å²) in [6.07, 6.45) is 2.41. The zero-order valence-corrected chi connectivity index (χ0v) is 28.5. The maximum absolute atomic E-state index is 15.5. The highest BCUT2D eigenvalue weighted by molar-refractivity contribution is 6.39. The number of aromatic nitrogens is 2. The lowest BCUT2D eigenvalue weighted by molar-refractivity contribution is 0.0357. The number of benzene rings is 4. The van der Waals surface area contributed by atoms with Crippen LogP contribution in [0.2, 0.25) is 5.02 Å². The number of pyridine rings is 2. The van der Waals surface area contributed by atoms with Gasteiger partial charge in [-0.3, -0.25) is 24.0 Å². The molecule has 10 nitrogen and oxygen atoms in total. The van der Waals surface area contributed by atoms with Crippen molar-refractivity contribution in [3.63, 3.8) is 0 Å². The number of nitrogens with one attached hydrogen (secondary N) is 1. The molecule has 1 aliphatic heterocycles. The number of halogens is 2. The molecule has 1 amide bonds. The van der Waals surface area contributed by atoms with Crippen LogP contribution >= 0.6 is 11.6 Å². The molecule has 0 unspecified atom stereocenters. The highest BCUT2D eigenvalue weighted by Crippen LogP contribution is 2.38. The van der Waals surface area contributed by atoms with Crippen molar-refractivity contribution in [2.24, 2.45) is 0 Å². The number of carbonyl (C=O) groups excluding carboxylic acids is 1. The van der Waals surface area contributed by atoms with E-state index in [0.717, 1.165) is 45.3 Å². The topological polar surface area (TPSA) is 104 Å². The first-order chi connectivity index (χ1) is 24.9.